The summed E-state index contributed by atoms with van der Waals surface area (Å²) in [4.78, 5) is 11.7. The minimum absolute atomic E-state index is 0.114. The summed E-state index contributed by atoms with van der Waals surface area (Å²) < 4.78 is 41.1. The first-order valence-electron chi connectivity index (χ1n) is 5.96. The molecule has 0 aliphatic carbocycles. The maximum Gasteiger partial charge on any atom is 0.392 e. The lowest BCUT2D eigenvalue weighted by Crippen LogP contribution is -2.15. The first kappa shape index (κ1) is 16.7. The number of anilines is 2. The average Bonchev–Trinajstić information content (AvgIpc) is 2.24. The third-order valence-corrected chi connectivity index (χ3v) is 1.88. The summed E-state index contributed by atoms with van der Waals surface area (Å²) in [7, 11) is 0. The van der Waals surface area contributed by atoms with Crippen LogP contribution in [0.15, 0.2) is 24.6 Å². The lowest BCUT2D eigenvalue weighted by molar-refractivity contribution is -0.139. The third-order valence-electron chi connectivity index (χ3n) is 1.88. The molecule has 0 saturated heterocycles. The van der Waals surface area contributed by atoms with E-state index in [1.165, 1.54) is 0 Å². The van der Waals surface area contributed by atoms with E-state index in [1.54, 1.807) is 13.8 Å². The molecule has 1 aromatic heterocycles. The zero-order valence-electron chi connectivity index (χ0n) is 11.7. The Morgan fingerprint density at radius 3 is 1.90 bits per heavy atom. The van der Waals surface area contributed by atoms with Crippen LogP contribution in [0.3, 0.4) is 0 Å². The highest BCUT2D eigenvalue weighted by Gasteiger charge is 2.27. The number of nitrogens with one attached hydrogen (secondary N) is 2. The van der Waals surface area contributed by atoms with Crippen molar-refractivity contribution >= 4 is 11.9 Å². The Bertz CT molecular complexity index is 496. The van der Waals surface area contributed by atoms with Crippen molar-refractivity contribution in [3.8, 4) is 6.01 Å². The minimum atomic E-state index is -4.30. The molecule has 9 heteroatoms. The fraction of sp³-hybridized carbons (Fsp3) is 0.417. The van der Waals surface area contributed by atoms with Crippen molar-refractivity contribution in [3.05, 3.63) is 24.6 Å². The maximum absolute atomic E-state index is 12.1. The SMILES string of the molecule is C=C(C)Nc1nc(NC(=C)C)nc(OCCC(F)(F)F)n1. The molecule has 2 N–H and O–H groups in total. The maximum atomic E-state index is 12.1. The van der Waals surface area contributed by atoms with E-state index in [2.05, 4.69) is 38.7 Å². The molecule has 0 atom stereocenters. The predicted octanol–water partition coefficient (Wildman–Crippen LogP) is 3.09. The molecule has 0 aromatic carbocycles. The van der Waals surface area contributed by atoms with E-state index >= 15 is 0 Å². The van der Waals surface area contributed by atoms with Gasteiger partial charge in [-0.2, -0.15) is 28.1 Å². The highest BCUT2D eigenvalue weighted by atomic mass is 19.4. The van der Waals surface area contributed by atoms with Crippen LogP contribution < -0.4 is 15.4 Å². The Labute approximate surface area is 120 Å². The zero-order chi connectivity index (χ0) is 16.0. The largest absolute Gasteiger partial charge is 0.463 e. The summed E-state index contributed by atoms with van der Waals surface area (Å²) in [6.45, 7) is 10.0. The van der Waals surface area contributed by atoms with E-state index in [9.17, 15) is 13.2 Å². The molecular weight excluding hydrogens is 287 g/mol. The molecule has 116 valence electrons. The van der Waals surface area contributed by atoms with Crippen molar-refractivity contribution in [2.24, 2.45) is 0 Å². The first-order valence-corrected chi connectivity index (χ1v) is 5.96. The van der Waals surface area contributed by atoms with Crippen LogP contribution >= 0.6 is 0 Å². The van der Waals surface area contributed by atoms with Crippen molar-refractivity contribution in [2.45, 2.75) is 26.4 Å². The van der Waals surface area contributed by atoms with E-state index in [-0.39, 0.29) is 17.9 Å². The number of rotatable bonds is 7. The summed E-state index contributed by atoms with van der Waals surface area (Å²) in [5, 5.41) is 5.47. The van der Waals surface area contributed by atoms with Gasteiger partial charge in [0.2, 0.25) is 11.9 Å². The Morgan fingerprint density at radius 2 is 1.52 bits per heavy atom. The second-order valence-corrected chi connectivity index (χ2v) is 4.29. The van der Waals surface area contributed by atoms with Gasteiger partial charge in [0, 0.05) is 11.4 Å². The van der Waals surface area contributed by atoms with Crippen molar-refractivity contribution in [3.63, 3.8) is 0 Å². The molecule has 0 spiro atoms. The lowest BCUT2D eigenvalue weighted by atomic mass is 10.4. The van der Waals surface area contributed by atoms with Gasteiger partial charge in [0.25, 0.3) is 0 Å². The number of aromatic nitrogens is 3. The molecule has 0 radical (unpaired) electrons. The molecule has 0 aliphatic rings. The number of hydrogen-bond donors (Lipinski definition) is 2. The van der Waals surface area contributed by atoms with E-state index in [4.69, 9.17) is 4.74 Å². The van der Waals surface area contributed by atoms with Crippen LogP contribution in [-0.2, 0) is 0 Å². The molecular formula is C12H16F3N5O. The molecule has 0 saturated carbocycles. The van der Waals surface area contributed by atoms with Gasteiger partial charge < -0.3 is 15.4 Å². The first-order chi connectivity index (χ1) is 9.65. The normalized spacial score (nSPS) is 10.9. The molecule has 0 bridgehead atoms. The summed E-state index contributed by atoms with van der Waals surface area (Å²) >= 11 is 0. The standard InChI is InChI=1S/C12H16F3N5O/c1-7(2)16-9-18-10(17-8(3)4)20-11(19-9)21-6-5-12(13,14)15/h1,3,5-6H2,2,4H3,(H2,16,17,18,19,20). The zero-order valence-corrected chi connectivity index (χ0v) is 11.7. The van der Waals surface area contributed by atoms with Crippen molar-refractivity contribution in [1.29, 1.82) is 0 Å². The summed E-state index contributed by atoms with van der Waals surface area (Å²) in [6.07, 6.45) is -5.39. The summed E-state index contributed by atoms with van der Waals surface area (Å²) in [5.41, 5.74) is 1.12. The van der Waals surface area contributed by atoms with Gasteiger partial charge in [0.15, 0.2) is 0 Å². The van der Waals surface area contributed by atoms with Gasteiger partial charge >= 0.3 is 12.2 Å². The third kappa shape index (κ3) is 7.14. The Hall–Kier alpha value is -2.32. The molecule has 1 rings (SSSR count). The number of halogens is 3. The highest BCUT2D eigenvalue weighted by molar-refractivity contribution is 5.41. The Morgan fingerprint density at radius 1 is 1.05 bits per heavy atom. The summed E-state index contributed by atoms with van der Waals surface area (Å²) in [6, 6.07) is -0.221. The molecule has 0 aliphatic heterocycles. The number of allylic oxidation sites excluding steroid dienone is 2. The van der Waals surface area contributed by atoms with E-state index in [0.29, 0.717) is 11.4 Å². The Balaban J connectivity index is 2.85. The van der Waals surface area contributed by atoms with Crippen LogP contribution in [0.25, 0.3) is 0 Å². The topological polar surface area (TPSA) is 72.0 Å². The van der Waals surface area contributed by atoms with Gasteiger partial charge in [0.1, 0.15) is 6.61 Å². The molecule has 0 unspecified atom stereocenters. The van der Waals surface area contributed by atoms with Gasteiger partial charge in [-0.3, -0.25) is 0 Å². The molecule has 0 fully saturated rings. The van der Waals surface area contributed by atoms with Crippen LogP contribution in [0, 0.1) is 0 Å². The van der Waals surface area contributed by atoms with Gasteiger partial charge in [-0.25, -0.2) is 0 Å². The second-order valence-electron chi connectivity index (χ2n) is 4.29. The van der Waals surface area contributed by atoms with Gasteiger partial charge in [-0.05, 0) is 13.8 Å². The Kier molecular flexibility index (Phi) is 5.51. The van der Waals surface area contributed by atoms with Crippen molar-refractivity contribution < 1.29 is 17.9 Å². The van der Waals surface area contributed by atoms with Crippen LogP contribution in [-0.4, -0.2) is 27.7 Å². The monoisotopic (exact) mass is 303 g/mol. The average molecular weight is 303 g/mol. The van der Waals surface area contributed by atoms with E-state index in [0.717, 1.165) is 0 Å². The molecule has 0 amide bonds. The van der Waals surface area contributed by atoms with Crippen LogP contribution in [0.5, 0.6) is 6.01 Å². The summed E-state index contributed by atoms with van der Waals surface area (Å²) in [5.74, 6) is 0.228. The van der Waals surface area contributed by atoms with E-state index in [1.807, 2.05) is 0 Å². The molecule has 6 nitrogen and oxygen atoms in total. The number of hydrogen-bond acceptors (Lipinski definition) is 6. The quantitative estimate of drug-likeness (QED) is 0.806. The lowest BCUT2D eigenvalue weighted by Gasteiger charge is -2.11. The van der Waals surface area contributed by atoms with Crippen molar-refractivity contribution in [2.75, 3.05) is 17.2 Å². The van der Waals surface area contributed by atoms with Crippen LogP contribution in [0.2, 0.25) is 0 Å². The minimum Gasteiger partial charge on any atom is -0.463 e. The van der Waals surface area contributed by atoms with Crippen LogP contribution in [0.1, 0.15) is 20.3 Å². The fourth-order valence-corrected chi connectivity index (χ4v) is 1.17. The fourth-order valence-electron chi connectivity index (χ4n) is 1.17. The number of alkyl halides is 3. The smallest absolute Gasteiger partial charge is 0.392 e. The van der Waals surface area contributed by atoms with E-state index < -0.39 is 19.2 Å². The van der Waals surface area contributed by atoms with Gasteiger partial charge in [0.05, 0.1) is 6.42 Å². The van der Waals surface area contributed by atoms with Gasteiger partial charge in [-0.1, -0.05) is 13.2 Å². The van der Waals surface area contributed by atoms with Crippen LogP contribution in [0.4, 0.5) is 25.1 Å². The number of nitrogens with zero attached hydrogens (tertiary/aromatic N) is 3. The number of ether oxygens (including phenoxy) is 1. The van der Waals surface area contributed by atoms with Crippen molar-refractivity contribution in [1.82, 2.24) is 15.0 Å². The highest BCUT2D eigenvalue weighted by Crippen LogP contribution is 2.20. The second kappa shape index (κ2) is 6.91. The predicted molar refractivity (Wildman–Crippen MR) is 72.9 cm³/mol. The molecule has 1 heterocycles. The van der Waals surface area contributed by atoms with Gasteiger partial charge in [-0.15, -0.1) is 0 Å². The molecule has 1 aromatic rings. The molecule has 21 heavy (non-hydrogen) atoms.